The lowest BCUT2D eigenvalue weighted by atomic mass is 10.1. The number of nitrogens with zero attached hydrogens (tertiary/aromatic N) is 3. The van der Waals surface area contributed by atoms with E-state index in [-0.39, 0.29) is 5.91 Å². The number of hydrogen-bond acceptors (Lipinski definition) is 4. The van der Waals surface area contributed by atoms with Crippen LogP contribution in [0.4, 0.5) is 0 Å². The summed E-state index contributed by atoms with van der Waals surface area (Å²) in [5.41, 5.74) is 3.11. The zero-order valence-electron chi connectivity index (χ0n) is 15.1. The molecule has 1 aromatic carbocycles. The van der Waals surface area contributed by atoms with Crippen LogP contribution < -0.4 is 5.32 Å². The molecule has 0 saturated heterocycles. The topological polar surface area (TPSA) is 75.6 Å². The molecule has 0 aliphatic rings. The molecule has 3 rings (SSSR count). The molecule has 8 heteroatoms. The molecule has 0 bridgehead atoms. The van der Waals surface area contributed by atoms with Crippen molar-refractivity contribution in [3.63, 3.8) is 0 Å². The maximum absolute atomic E-state index is 12.5. The normalized spacial score (nSPS) is 10.8. The third kappa shape index (κ3) is 4.51. The number of aromatic amines is 1. The van der Waals surface area contributed by atoms with Crippen molar-refractivity contribution >= 4 is 34.1 Å². The van der Waals surface area contributed by atoms with Crippen LogP contribution >= 0.6 is 28.1 Å². The minimum atomic E-state index is -0.141. The Morgan fingerprint density at radius 2 is 2.15 bits per heavy atom. The molecule has 0 aliphatic heterocycles. The first kappa shape index (κ1) is 19.4. The summed E-state index contributed by atoms with van der Waals surface area (Å²) in [7, 11) is 0. The highest BCUT2D eigenvalue weighted by atomic mass is 79.9. The summed E-state index contributed by atoms with van der Waals surface area (Å²) in [4.78, 5) is 17.1. The van der Waals surface area contributed by atoms with Crippen LogP contribution in [-0.4, -0.2) is 32.2 Å². The highest BCUT2D eigenvalue weighted by molar-refractivity contribution is 9.10. The van der Waals surface area contributed by atoms with Gasteiger partial charge in [-0.05, 0) is 50.3 Å². The van der Waals surface area contributed by atoms with Crippen LogP contribution in [0.25, 0.3) is 11.3 Å². The van der Waals surface area contributed by atoms with E-state index in [9.17, 15) is 4.79 Å². The highest BCUT2D eigenvalue weighted by Gasteiger charge is 2.12. The molecular weight excluding hydrogens is 426 g/mol. The van der Waals surface area contributed by atoms with Gasteiger partial charge in [0.25, 0.3) is 5.91 Å². The van der Waals surface area contributed by atoms with Crippen molar-refractivity contribution in [2.75, 3.05) is 6.54 Å². The standard InChI is InChI=1S/C19H20BrN5OS/c1-3-25-17(23-24-19(25)27)9-10-21-18(26)15-7-8-16(22-12(15)2)13-5-4-6-14(20)11-13/h4-8,11H,3,9-10H2,1-2H3,(H,21,26)(H,24,27). The van der Waals surface area contributed by atoms with E-state index in [1.54, 1.807) is 0 Å². The van der Waals surface area contributed by atoms with Gasteiger partial charge in [0.15, 0.2) is 4.77 Å². The van der Waals surface area contributed by atoms with Crippen LogP contribution in [0.2, 0.25) is 0 Å². The summed E-state index contributed by atoms with van der Waals surface area (Å²) >= 11 is 8.64. The Balaban J connectivity index is 1.67. The molecule has 0 radical (unpaired) electrons. The number of halogens is 1. The van der Waals surface area contributed by atoms with Crippen LogP contribution in [0.5, 0.6) is 0 Å². The molecule has 3 aromatic rings. The number of carbonyl (C=O) groups is 1. The van der Waals surface area contributed by atoms with E-state index in [1.807, 2.05) is 54.8 Å². The van der Waals surface area contributed by atoms with Gasteiger partial charge in [0.2, 0.25) is 0 Å². The van der Waals surface area contributed by atoms with Crippen molar-refractivity contribution in [1.82, 2.24) is 25.1 Å². The number of rotatable bonds is 6. The number of pyridine rings is 1. The molecular formula is C19H20BrN5OS. The van der Waals surface area contributed by atoms with Crippen molar-refractivity contribution in [3.05, 3.63) is 62.7 Å². The number of nitrogens with one attached hydrogen (secondary N) is 2. The highest BCUT2D eigenvalue weighted by Crippen LogP contribution is 2.22. The van der Waals surface area contributed by atoms with Gasteiger partial charge in [-0.15, -0.1) is 0 Å². The van der Waals surface area contributed by atoms with Gasteiger partial charge in [-0.3, -0.25) is 14.9 Å². The Morgan fingerprint density at radius 3 is 2.85 bits per heavy atom. The number of hydrogen-bond donors (Lipinski definition) is 2. The van der Waals surface area contributed by atoms with Gasteiger partial charge in [0.1, 0.15) is 5.82 Å². The zero-order valence-corrected chi connectivity index (χ0v) is 17.5. The van der Waals surface area contributed by atoms with Crippen molar-refractivity contribution in [1.29, 1.82) is 0 Å². The number of aromatic nitrogens is 4. The van der Waals surface area contributed by atoms with E-state index in [1.165, 1.54) is 0 Å². The number of carbonyl (C=O) groups excluding carboxylic acids is 1. The lowest BCUT2D eigenvalue weighted by Gasteiger charge is -2.09. The van der Waals surface area contributed by atoms with E-state index in [0.29, 0.717) is 29.0 Å². The predicted octanol–water partition coefficient (Wildman–Crippen LogP) is 4.07. The van der Waals surface area contributed by atoms with Crippen LogP contribution in [0.3, 0.4) is 0 Å². The average molecular weight is 446 g/mol. The number of benzene rings is 1. The summed E-state index contributed by atoms with van der Waals surface area (Å²) in [6, 6.07) is 11.6. The van der Waals surface area contributed by atoms with Gasteiger partial charge in [0, 0.05) is 29.5 Å². The van der Waals surface area contributed by atoms with Crippen molar-refractivity contribution in [2.24, 2.45) is 0 Å². The fourth-order valence-electron chi connectivity index (χ4n) is 2.86. The molecule has 2 N–H and O–H groups in total. The molecule has 6 nitrogen and oxygen atoms in total. The maximum Gasteiger partial charge on any atom is 0.253 e. The zero-order chi connectivity index (χ0) is 19.4. The number of amides is 1. The Kier molecular flexibility index (Phi) is 6.18. The van der Waals surface area contributed by atoms with E-state index in [4.69, 9.17) is 12.2 Å². The van der Waals surface area contributed by atoms with Gasteiger partial charge in [-0.1, -0.05) is 28.1 Å². The first-order chi connectivity index (χ1) is 13.0. The molecule has 0 aliphatic carbocycles. The van der Waals surface area contributed by atoms with E-state index < -0.39 is 0 Å². The van der Waals surface area contributed by atoms with Gasteiger partial charge < -0.3 is 9.88 Å². The molecule has 0 unspecified atom stereocenters. The molecule has 0 atom stereocenters. The quantitative estimate of drug-likeness (QED) is 0.560. The van der Waals surface area contributed by atoms with E-state index in [2.05, 4.69) is 36.4 Å². The minimum absolute atomic E-state index is 0.141. The Hall–Kier alpha value is -2.32. The second-order valence-corrected chi connectivity index (χ2v) is 7.34. The van der Waals surface area contributed by atoms with E-state index >= 15 is 0 Å². The van der Waals surface area contributed by atoms with Crippen LogP contribution in [0.15, 0.2) is 40.9 Å². The Bertz CT molecular complexity index is 1030. The maximum atomic E-state index is 12.5. The second kappa shape index (κ2) is 8.58. The van der Waals surface area contributed by atoms with Crippen molar-refractivity contribution in [2.45, 2.75) is 26.8 Å². The number of H-pyrrole nitrogens is 1. The first-order valence-corrected chi connectivity index (χ1v) is 9.85. The van der Waals surface area contributed by atoms with Gasteiger partial charge in [-0.25, -0.2) is 0 Å². The van der Waals surface area contributed by atoms with Crippen molar-refractivity contribution in [3.8, 4) is 11.3 Å². The van der Waals surface area contributed by atoms with Gasteiger partial charge >= 0.3 is 0 Å². The lowest BCUT2D eigenvalue weighted by Crippen LogP contribution is -2.27. The van der Waals surface area contributed by atoms with Crippen molar-refractivity contribution < 1.29 is 4.79 Å². The largest absolute Gasteiger partial charge is 0.352 e. The summed E-state index contributed by atoms with van der Waals surface area (Å²) in [6.07, 6.45) is 0.606. The second-order valence-electron chi connectivity index (χ2n) is 6.03. The van der Waals surface area contributed by atoms with E-state index in [0.717, 1.165) is 28.1 Å². The monoisotopic (exact) mass is 445 g/mol. The minimum Gasteiger partial charge on any atom is -0.352 e. The van der Waals surface area contributed by atoms with Gasteiger partial charge in [-0.2, -0.15) is 5.10 Å². The molecule has 0 saturated carbocycles. The SMILES string of the molecule is CCn1c(CCNC(=O)c2ccc(-c3cccc(Br)c3)nc2C)n[nH]c1=S. The first-order valence-electron chi connectivity index (χ1n) is 8.65. The molecule has 1 amide bonds. The molecule has 2 aromatic heterocycles. The summed E-state index contributed by atoms with van der Waals surface area (Å²) < 4.78 is 3.51. The average Bonchev–Trinajstić information content (AvgIpc) is 3.01. The summed E-state index contributed by atoms with van der Waals surface area (Å²) in [5, 5.41) is 9.92. The fraction of sp³-hybridized carbons (Fsp3) is 0.263. The molecule has 0 fully saturated rings. The smallest absolute Gasteiger partial charge is 0.253 e. The van der Waals surface area contributed by atoms with Gasteiger partial charge in [0.05, 0.1) is 17.0 Å². The number of aryl methyl sites for hydroxylation is 1. The fourth-order valence-corrected chi connectivity index (χ4v) is 3.54. The molecule has 140 valence electrons. The Morgan fingerprint density at radius 1 is 1.33 bits per heavy atom. The predicted molar refractivity (Wildman–Crippen MR) is 111 cm³/mol. The van der Waals surface area contributed by atoms with Crippen LogP contribution in [0.1, 0.15) is 28.8 Å². The molecule has 2 heterocycles. The third-order valence-electron chi connectivity index (χ3n) is 4.24. The third-order valence-corrected chi connectivity index (χ3v) is 5.04. The summed E-state index contributed by atoms with van der Waals surface area (Å²) in [5.74, 6) is 0.695. The molecule has 0 spiro atoms. The van der Waals surface area contributed by atoms with Crippen LogP contribution in [0, 0.1) is 11.7 Å². The Labute approximate surface area is 171 Å². The van der Waals surface area contributed by atoms with Crippen LogP contribution in [-0.2, 0) is 13.0 Å². The summed E-state index contributed by atoms with van der Waals surface area (Å²) in [6.45, 7) is 5.08. The lowest BCUT2D eigenvalue weighted by molar-refractivity contribution is 0.0953. The molecule has 27 heavy (non-hydrogen) atoms.